The molecule has 168 valence electrons. The number of carbonyl (C=O) groups excluding carboxylic acids is 2. The van der Waals surface area contributed by atoms with E-state index in [1.54, 1.807) is 10.9 Å². The maximum Gasteiger partial charge on any atom is 0.264 e. The number of aryl methyl sites for hydroxylation is 1. The zero-order valence-electron chi connectivity index (χ0n) is 17.3. The van der Waals surface area contributed by atoms with E-state index in [0.29, 0.717) is 12.1 Å². The molecule has 2 aromatic carbocycles. The van der Waals surface area contributed by atoms with Crippen LogP contribution in [0.4, 0.5) is 0 Å². The first-order chi connectivity index (χ1) is 15.0. The van der Waals surface area contributed by atoms with Crippen LogP contribution in [0.5, 0.6) is 0 Å². The van der Waals surface area contributed by atoms with E-state index >= 15 is 0 Å². The van der Waals surface area contributed by atoms with E-state index in [0.717, 1.165) is 21.9 Å². The number of nitrogens with one attached hydrogen (secondary N) is 2. The number of halogens is 2. The third kappa shape index (κ3) is 5.38. The Hall–Kier alpha value is -3.10. The Morgan fingerprint density at radius 3 is 2.75 bits per heavy atom. The van der Waals surface area contributed by atoms with Gasteiger partial charge in [0.05, 0.1) is 18.0 Å². The zero-order chi connectivity index (χ0) is 21.8. The molecule has 1 aliphatic heterocycles. The predicted molar refractivity (Wildman–Crippen MR) is 125 cm³/mol. The summed E-state index contributed by atoms with van der Waals surface area (Å²) in [6, 6.07) is 13.4. The average Bonchev–Trinajstić information content (AvgIpc) is 3.45. The van der Waals surface area contributed by atoms with E-state index in [1.807, 2.05) is 55.7 Å². The first-order valence-corrected chi connectivity index (χ1v) is 10.4. The summed E-state index contributed by atoms with van der Waals surface area (Å²) < 4.78 is 1.67. The van der Waals surface area contributed by atoms with Crippen LogP contribution < -0.4 is 10.6 Å². The van der Waals surface area contributed by atoms with Crippen LogP contribution in [0.2, 0.25) is 0 Å². The highest BCUT2D eigenvalue weighted by Crippen LogP contribution is 2.22. The molecule has 0 radical (unpaired) electrons. The van der Waals surface area contributed by atoms with Crippen LogP contribution in [0.25, 0.3) is 10.8 Å². The second-order valence-corrected chi connectivity index (χ2v) is 7.61. The Morgan fingerprint density at radius 1 is 1.25 bits per heavy atom. The fourth-order valence-electron chi connectivity index (χ4n) is 3.46. The van der Waals surface area contributed by atoms with Gasteiger partial charge in [-0.2, -0.15) is 5.10 Å². The molecular formula is C22H23Cl2N5O3. The number of oxime groups is 1. The number of fused-ring (bicyclic) bond motifs is 1. The first-order valence-electron chi connectivity index (χ1n) is 9.87. The number of hydrogen-bond donors (Lipinski definition) is 2. The van der Waals surface area contributed by atoms with Crippen molar-refractivity contribution < 1.29 is 14.4 Å². The second kappa shape index (κ2) is 10.5. The SMILES string of the molecule is Cl.Cn1cc(C2=NOC(C(=O)NC(CNC(=O)CCl)c3ccc4ccccc4c3)C2)cn1. The summed E-state index contributed by atoms with van der Waals surface area (Å²) in [6.07, 6.45) is 3.10. The molecule has 8 nitrogen and oxygen atoms in total. The molecule has 3 aromatic rings. The molecule has 0 aliphatic carbocycles. The van der Waals surface area contributed by atoms with Crippen molar-refractivity contribution in [1.29, 1.82) is 0 Å². The molecule has 1 aromatic heterocycles. The summed E-state index contributed by atoms with van der Waals surface area (Å²) in [7, 11) is 1.81. The molecule has 1 aliphatic rings. The number of nitrogens with zero attached hydrogens (tertiary/aromatic N) is 3. The lowest BCUT2D eigenvalue weighted by Gasteiger charge is -2.21. The molecule has 2 unspecified atom stereocenters. The Balaban J connectivity index is 0.00000289. The molecule has 2 heterocycles. The van der Waals surface area contributed by atoms with Crippen molar-refractivity contribution in [3.8, 4) is 0 Å². The van der Waals surface area contributed by atoms with Gasteiger partial charge in [0.1, 0.15) is 5.88 Å². The minimum Gasteiger partial charge on any atom is -0.382 e. The van der Waals surface area contributed by atoms with Gasteiger partial charge < -0.3 is 15.5 Å². The minimum absolute atomic E-state index is 0. The lowest BCUT2D eigenvalue weighted by molar-refractivity contribution is -0.132. The van der Waals surface area contributed by atoms with Gasteiger partial charge in [0.25, 0.3) is 5.91 Å². The lowest BCUT2D eigenvalue weighted by atomic mass is 10.0. The van der Waals surface area contributed by atoms with Crippen molar-refractivity contribution in [2.24, 2.45) is 12.2 Å². The molecular weight excluding hydrogens is 453 g/mol. The molecule has 32 heavy (non-hydrogen) atoms. The van der Waals surface area contributed by atoms with Gasteiger partial charge in [-0.1, -0.05) is 41.6 Å². The Kier molecular flexibility index (Phi) is 7.71. The summed E-state index contributed by atoms with van der Waals surface area (Å²) >= 11 is 5.60. The fourth-order valence-corrected chi connectivity index (χ4v) is 3.56. The van der Waals surface area contributed by atoms with E-state index in [1.165, 1.54) is 0 Å². The van der Waals surface area contributed by atoms with Crippen molar-refractivity contribution in [1.82, 2.24) is 20.4 Å². The summed E-state index contributed by atoms with van der Waals surface area (Å²) in [5.74, 6) is -0.756. The summed E-state index contributed by atoms with van der Waals surface area (Å²) in [6.45, 7) is 0.207. The van der Waals surface area contributed by atoms with E-state index < -0.39 is 12.1 Å². The van der Waals surface area contributed by atoms with Crippen LogP contribution in [-0.4, -0.2) is 45.8 Å². The summed E-state index contributed by atoms with van der Waals surface area (Å²) in [5.41, 5.74) is 2.36. The monoisotopic (exact) mass is 475 g/mol. The zero-order valence-corrected chi connectivity index (χ0v) is 18.9. The van der Waals surface area contributed by atoms with Crippen molar-refractivity contribution >= 4 is 52.3 Å². The molecule has 0 bridgehead atoms. The quantitative estimate of drug-likeness (QED) is 0.513. The third-order valence-electron chi connectivity index (χ3n) is 5.12. The fraction of sp³-hybridized carbons (Fsp3) is 0.273. The lowest BCUT2D eigenvalue weighted by Crippen LogP contribution is -2.42. The molecule has 0 saturated heterocycles. The van der Waals surface area contributed by atoms with Crippen molar-refractivity contribution in [3.05, 3.63) is 66.0 Å². The van der Waals surface area contributed by atoms with Crippen LogP contribution in [-0.2, 0) is 21.5 Å². The number of hydrogen-bond acceptors (Lipinski definition) is 5. The topological polar surface area (TPSA) is 97.6 Å². The molecule has 0 fully saturated rings. The van der Waals surface area contributed by atoms with Crippen molar-refractivity contribution in [3.63, 3.8) is 0 Å². The van der Waals surface area contributed by atoms with Crippen LogP contribution in [0.3, 0.4) is 0 Å². The first kappa shape index (κ1) is 23.6. The molecule has 10 heteroatoms. The van der Waals surface area contributed by atoms with Crippen molar-refractivity contribution in [2.45, 2.75) is 18.6 Å². The number of aromatic nitrogens is 2. The van der Waals surface area contributed by atoms with Crippen LogP contribution in [0, 0.1) is 0 Å². The molecule has 0 spiro atoms. The predicted octanol–water partition coefficient (Wildman–Crippen LogP) is 2.70. The highest BCUT2D eigenvalue weighted by Gasteiger charge is 2.31. The molecule has 2 amide bonds. The molecule has 2 N–H and O–H groups in total. The standard InChI is InChI=1S/C22H22ClN5O3.ClH/c1-28-13-17(11-25-28)18-9-20(31-27-18)22(30)26-19(12-24-21(29)10-23)16-7-6-14-4-2-3-5-15(14)8-16;/h2-8,11,13,19-20H,9-10,12H2,1H3,(H,24,29)(H,26,30);1H. The normalized spacial score (nSPS) is 15.9. The van der Waals surface area contributed by atoms with Crippen LogP contribution in [0.1, 0.15) is 23.6 Å². The van der Waals surface area contributed by atoms with Gasteiger partial charge in [0, 0.05) is 31.8 Å². The van der Waals surface area contributed by atoms with Gasteiger partial charge in [0.2, 0.25) is 12.0 Å². The number of carbonyl (C=O) groups is 2. The third-order valence-corrected chi connectivity index (χ3v) is 5.36. The highest BCUT2D eigenvalue weighted by atomic mass is 35.5. The van der Waals surface area contributed by atoms with Gasteiger partial charge >= 0.3 is 0 Å². The number of alkyl halides is 1. The Morgan fingerprint density at radius 2 is 2.03 bits per heavy atom. The maximum atomic E-state index is 12.9. The minimum atomic E-state index is -0.748. The van der Waals surface area contributed by atoms with Crippen molar-refractivity contribution in [2.75, 3.05) is 12.4 Å². The average molecular weight is 476 g/mol. The van der Waals surface area contributed by atoms with Gasteiger partial charge in [-0.25, -0.2) is 0 Å². The van der Waals surface area contributed by atoms with Crippen LogP contribution in [0.15, 0.2) is 60.0 Å². The molecule has 2 atom stereocenters. The Labute approximate surface area is 196 Å². The van der Waals surface area contributed by atoms with Gasteiger partial charge in [0.15, 0.2) is 0 Å². The number of rotatable bonds is 7. The van der Waals surface area contributed by atoms with E-state index in [2.05, 4.69) is 20.9 Å². The molecule has 0 saturated carbocycles. The number of amides is 2. The second-order valence-electron chi connectivity index (χ2n) is 7.34. The largest absolute Gasteiger partial charge is 0.382 e. The summed E-state index contributed by atoms with van der Waals surface area (Å²) in [4.78, 5) is 30.0. The Bertz CT molecular complexity index is 1150. The summed E-state index contributed by atoms with van der Waals surface area (Å²) in [5, 5.41) is 16.0. The maximum absolute atomic E-state index is 12.9. The smallest absolute Gasteiger partial charge is 0.264 e. The highest BCUT2D eigenvalue weighted by molar-refractivity contribution is 6.27. The molecule has 4 rings (SSSR count). The van der Waals surface area contributed by atoms with E-state index in [9.17, 15) is 9.59 Å². The van der Waals surface area contributed by atoms with E-state index in [-0.39, 0.29) is 36.6 Å². The van der Waals surface area contributed by atoms with Gasteiger partial charge in [-0.05, 0) is 22.4 Å². The van der Waals surface area contributed by atoms with E-state index in [4.69, 9.17) is 16.4 Å². The van der Waals surface area contributed by atoms with Crippen LogP contribution >= 0.6 is 24.0 Å². The number of benzene rings is 2. The van der Waals surface area contributed by atoms with Gasteiger partial charge in [-0.15, -0.1) is 24.0 Å². The van der Waals surface area contributed by atoms with Gasteiger partial charge in [-0.3, -0.25) is 14.3 Å².